The minimum absolute atomic E-state index is 0.0949. The van der Waals surface area contributed by atoms with Crippen LogP contribution in [0.5, 0.6) is 0 Å². The molecule has 8 heteroatoms. The number of sulfonamides is 1. The van der Waals surface area contributed by atoms with Crippen molar-refractivity contribution in [2.24, 2.45) is 0 Å². The predicted molar refractivity (Wildman–Crippen MR) is 117 cm³/mol. The highest BCUT2D eigenvalue weighted by Gasteiger charge is 2.27. The molecule has 3 rings (SSSR count). The van der Waals surface area contributed by atoms with Gasteiger partial charge >= 0.3 is 0 Å². The zero-order chi connectivity index (χ0) is 20.9. The summed E-state index contributed by atoms with van der Waals surface area (Å²) in [5.74, 6) is -0.0949. The molecule has 7 nitrogen and oxygen atoms in total. The second-order valence-electron chi connectivity index (χ2n) is 8.28. The third-order valence-corrected chi connectivity index (χ3v) is 7.64. The first-order valence-corrected chi connectivity index (χ1v) is 12.2. The molecule has 0 unspecified atom stereocenters. The molecule has 2 saturated heterocycles. The number of rotatable bonds is 6. The number of nitrogens with one attached hydrogen (secondary N) is 1. The molecule has 0 radical (unpaired) electrons. The molecule has 2 heterocycles. The number of benzene rings is 1. The van der Waals surface area contributed by atoms with Gasteiger partial charge in [0.05, 0.1) is 22.8 Å². The molecule has 0 atom stereocenters. The van der Waals surface area contributed by atoms with E-state index >= 15 is 0 Å². The normalized spacial score (nSPS) is 19.5. The maximum absolute atomic E-state index is 13.1. The summed E-state index contributed by atoms with van der Waals surface area (Å²) in [6, 6.07) is 5.03. The van der Waals surface area contributed by atoms with E-state index in [-0.39, 0.29) is 10.8 Å². The largest absolute Gasteiger partial charge is 0.376 e. The van der Waals surface area contributed by atoms with Gasteiger partial charge in [-0.1, -0.05) is 19.3 Å². The lowest BCUT2D eigenvalue weighted by Gasteiger charge is -2.27. The van der Waals surface area contributed by atoms with E-state index in [2.05, 4.69) is 10.2 Å². The molecular formula is C21H34N4O3S. The van der Waals surface area contributed by atoms with Crippen molar-refractivity contribution < 1.29 is 13.2 Å². The maximum atomic E-state index is 13.1. The third-order valence-electron chi connectivity index (χ3n) is 5.74. The van der Waals surface area contributed by atoms with Gasteiger partial charge in [-0.2, -0.15) is 4.31 Å². The van der Waals surface area contributed by atoms with Crippen molar-refractivity contribution in [3.63, 3.8) is 0 Å². The lowest BCUT2D eigenvalue weighted by Crippen LogP contribution is -2.36. The summed E-state index contributed by atoms with van der Waals surface area (Å²) in [5, 5.41) is 2.97. The average molecular weight is 423 g/mol. The van der Waals surface area contributed by atoms with Crippen molar-refractivity contribution in [2.75, 3.05) is 57.0 Å². The fourth-order valence-corrected chi connectivity index (χ4v) is 5.65. The van der Waals surface area contributed by atoms with Crippen molar-refractivity contribution in [3.8, 4) is 0 Å². The topological polar surface area (TPSA) is 73.0 Å². The van der Waals surface area contributed by atoms with Crippen LogP contribution in [-0.2, 0) is 14.8 Å². The third kappa shape index (κ3) is 5.71. The van der Waals surface area contributed by atoms with E-state index in [1.165, 1.54) is 12.8 Å². The minimum atomic E-state index is -3.54. The summed E-state index contributed by atoms with van der Waals surface area (Å²) < 4.78 is 27.7. The number of amides is 1. The van der Waals surface area contributed by atoms with Crippen LogP contribution in [0.4, 0.5) is 11.4 Å². The number of likely N-dealkylation sites (tertiary alicyclic amines) is 1. The van der Waals surface area contributed by atoms with Crippen LogP contribution in [0.25, 0.3) is 0 Å². The second kappa shape index (κ2) is 9.91. The van der Waals surface area contributed by atoms with E-state index in [4.69, 9.17) is 0 Å². The SMILES string of the molecule is CN(C)c1ccc(S(=O)(=O)N2CCCCC2)cc1NC(=O)CN1CCCCCC1. The van der Waals surface area contributed by atoms with Crippen LogP contribution in [0, 0.1) is 0 Å². The Bertz CT molecular complexity index is 796. The van der Waals surface area contributed by atoms with Crippen molar-refractivity contribution in [1.82, 2.24) is 9.21 Å². The first kappa shape index (κ1) is 22.1. The summed E-state index contributed by atoms with van der Waals surface area (Å²) in [7, 11) is 0.233. The first-order chi connectivity index (χ1) is 13.9. The van der Waals surface area contributed by atoms with E-state index in [1.807, 2.05) is 19.0 Å². The highest BCUT2D eigenvalue weighted by atomic mass is 32.2. The van der Waals surface area contributed by atoms with Gasteiger partial charge in [-0.05, 0) is 57.0 Å². The Labute approximate surface area is 175 Å². The predicted octanol–water partition coefficient (Wildman–Crippen LogP) is 2.74. The van der Waals surface area contributed by atoms with Gasteiger partial charge in [-0.3, -0.25) is 9.69 Å². The monoisotopic (exact) mass is 422 g/mol. The number of piperidine rings is 1. The molecule has 0 saturated carbocycles. The standard InChI is InChI=1S/C21H34N4O3S/c1-23(2)20-11-10-18(29(27,28)25-14-8-5-9-15-25)16-19(20)22-21(26)17-24-12-6-3-4-7-13-24/h10-11,16H,3-9,12-15,17H2,1-2H3,(H,22,26). The van der Waals surface area contributed by atoms with Gasteiger partial charge in [-0.25, -0.2) is 8.42 Å². The Morgan fingerprint density at radius 3 is 2.17 bits per heavy atom. The molecule has 1 aromatic rings. The fraction of sp³-hybridized carbons (Fsp3) is 0.667. The second-order valence-corrected chi connectivity index (χ2v) is 10.2. The fourth-order valence-electron chi connectivity index (χ4n) is 4.11. The number of anilines is 2. The Morgan fingerprint density at radius 1 is 0.966 bits per heavy atom. The first-order valence-electron chi connectivity index (χ1n) is 10.7. The van der Waals surface area contributed by atoms with E-state index < -0.39 is 10.0 Å². The highest BCUT2D eigenvalue weighted by Crippen LogP contribution is 2.30. The molecule has 29 heavy (non-hydrogen) atoms. The lowest BCUT2D eigenvalue weighted by atomic mass is 10.2. The number of carbonyl (C=O) groups excluding carboxylic acids is 1. The van der Waals surface area contributed by atoms with Gasteiger partial charge in [0.25, 0.3) is 0 Å². The van der Waals surface area contributed by atoms with Gasteiger partial charge in [0.1, 0.15) is 0 Å². The van der Waals surface area contributed by atoms with E-state index in [9.17, 15) is 13.2 Å². The number of hydrogen-bond acceptors (Lipinski definition) is 5. The minimum Gasteiger partial charge on any atom is -0.376 e. The van der Waals surface area contributed by atoms with Crippen LogP contribution in [0.15, 0.2) is 23.1 Å². The summed E-state index contributed by atoms with van der Waals surface area (Å²) >= 11 is 0. The van der Waals surface area contributed by atoms with E-state index in [0.29, 0.717) is 25.3 Å². The van der Waals surface area contributed by atoms with Gasteiger partial charge < -0.3 is 10.2 Å². The molecule has 0 spiro atoms. The molecule has 0 bridgehead atoms. The molecule has 0 aromatic heterocycles. The van der Waals surface area contributed by atoms with Crippen LogP contribution >= 0.6 is 0 Å². The molecule has 1 amide bonds. The van der Waals surface area contributed by atoms with Crippen LogP contribution in [-0.4, -0.2) is 70.3 Å². The smallest absolute Gasteiger partial charge is 0.243 e. The zero-order valence-corrected chi connectivity index (χ0v) is 18.5. The summed E-state index contributed by atoms with van der Waals surface area (Å²) in [4.78, 5) is 17.0. The molecule has 1 N–H and O–H groups in total. The van der Waals surface area contributed by atoms with Crippen molar-refractivity contribution in [2.45, 2.75) is 49.8 Å². The molecule has 2 fully saturated rings. The Morgan fingerprint density at radius 2 is 1.55 bits per heavy atom. The van der Waals surface area contributed by atoms with Gasteiger partial charge in [-0.15, -0.1) is 0 Å². The van der Waals surface area contributed by atoms with Gasteiger partial charge in [0, 0.05) is 27.2 Å². The van der Waals surface area contributed by atoms with Crippen LogP contribution in [0.2, 0.25) is 0 Å². The zero-order valence-electron chi connectivity index (χ0n) is 17.7. The molecule has 2 aliphatic rings. The van der Waals surface area contributed by atoms with Crippen LogP contribution < -0.4 is 10.2 Å². The summed E-state index contributed by atoms with van der Waals surface area (Å²) in [5.41, 5.74) is 1.35. The molecular weight excluding hydrogens is 388 g/mol. The summed E-state index contributed by atoms with van der Waals surface area (Å²) in [6.45, 7) is 3.35. The molecule has 2 aliphatic heterocycles. The average Bonchev–Trinajstić information content (AvgIpc) is 2.97. The quantitative estimate of drug-likeness (QED) is 0.763. The highest BCUT2D eigenvalue weighted by molar-refractivity contribution is 7.89. The van der Waals surface area contributed by atoms with Crippen LogP contribution in [0.3, 0.4) is 0 Å². The summed E-state index contributed by atoms with van der Waals surface area (Å²) in [6.07, 6.45) is 7.56. The van der Waals surface area contributed by atoms with Crippen molar-refractivity contribution in [3.05, 3.63) is 18.2 Å². The van der Waals surface area contributed by atoms with Crippen LogP contribution in [0.1, 0.15) is 44.9 Å². The Hall–Kier alpha value is -1.64. The van der Waals surface area contributed by atoms with Crippen molar-refractivity contribution in [1.29, 1.82) is 0 Å². The number of hydrogen-bond donors (Lipinski definition) is 1. The van der Waals surface area contributed by atoms with E-state index in [1.54, 1.807) is 22.5 Å². The Kier molecular flexibility index (Phi) is 7.54. The Balaban J connectivity index is 1.78. The molecule has 1 aromatic carbocycles. The lowest BCUT2D eigenvalue weighted by molar-refractivity contribution is -0.117. The molecule has 0 aliphatic carbocycles. The maximum Gasteiger partial charge on any atom is 0.243 e. The number of nitrogens with zero attached hydrogens (tertiary/aromatic N) is 3. The van der Waals surface area contributed by atoms with E-state index in [0.717, 1.165) is 50.9 Å². The molecule has 162 valence electrons. The van der Waals surface area contributed by atoms with Gasteiger partial charge in [0.15, 0.2) is 0 Å². The van der Waals surface area contributed by atoms with Gasteiger partial charge in [0.2, 0.25) is 15.9 Å². The number of carbonyl (C=O) groups is 1. The van der Waals surface area contributed by atoms with Crippen molar-refractivity contribution >= 4 is 27.3 Å².